The van der Waals surface area contributed by atoms with Crippen molar-refractivity contribution in [1.82, 2.24) is 10.2 Å². The van der Waals surface area contributed by atoms with Crippen LogP contribution in [0.3, 0.4) is 0 Å². The highest BCUT2D eigenvalue weighted by Gasteiger charge is 2.12. The summed E-state index contributed by atoms with van der Waals surface area (Å²) in [6, 6.07) is 10.1. The zero-order chi connectivity index (χ0) is 16.5. The Morgan fingerprint density at radius 3 is 2.32 bits per heavy atom. The van der Waals surface area contributed by atoms with Crippen molar-refractivity contribution in [2.75, 3.05) is 13.1 Å². The Balaban J connectivity index is 2.42. The van der Waals surface area contributed by atoms with E-state index in [2.05, 4.69) is 44.0 Å². The molecule has 0 saturated heterocycles. The van der Waals surface area contributed by atoms with Gasteiger partial charge in [0.2, 0.25) is 5.91 Å². The minimum atomic E-state index is -0.100. The van der Waals surface area contributed by atoms with E-state index in [1.165, 1.54) is 6.08 Å². The van der Waals surface area contributed by atoms with Gasteiger partial charge in [-0.05, 0) is 51.5 Å². The van der Waals surface area contributed by atoms with Gasteiger partial charge >= 0.3 is 0 Å². The van der Waals surface area contributed by atoms with Crippen LogP contribution in [0.15, 0.2) is 30.3 Å². The van der Waals surface area contributed by atoms with Gasteiger partial charge in [-0.25, -0.2) is 0 Å². The van der Waals surface area contributed by atoms with Crippen LogP contribution in [0.4, 0.5) is 0 Å². The summed E-state index contributed by atoms with van der Waals surface area (Å²) in [5, 5.41) is 11.6. The van der Waals surface area contributed by atoms with E-state index in [1.54, 1.807) is 18.2 Å². The summed E-state index contributed by atoms with van der Waals surface area (Å²) in [6.07, 6.45) is 3.27. The first-order valence-electron chi connectivity index (χ1n) is 7.66. The van der Waals surface area contributed by atoms with Crippen molar-refractivity contribution in [2.45, 2.75) is 39.8 Å². The Labute approximate surface area is 133 Å². The number of benzene rings is 1. The summed E-state index contributed by atoms with van der Waals surface area (Å²) in [6.45, 7) is 10.1. The Hall–Kier alpha value is -2.12. The number of hydrogen-bond donors (Lipinski definition) is 1. The van der Waals surface area contributed by atoms with Crippen LogP contribution in [-0.4, -0.2) is 36.0 Å². The number of amides is 1. The molecular weight excluding hydrogens is 274 g/mol. The van der Waals surface area contributed by atoms with E-state index in [9.17, 15) is 4.79 Å². The molecule has 4 heteroatoms. The highest BCUT2D eigenvalue weighted by molar-refractivity contribution is 5.91. The number of nitrogens with one attached hydrogen (secondary N) is 1. The second-order valence-electron chi connectivity index (χ2n) is 5.78. The molecule has 0 bridgehead atoms. The van der Waals surface area contributed by atoms with E-state index < -0.39 is 0 Å². The first kappa shape index (κ1) is 17.9. The van der Waals surface area contributed by atoms with Gasteiger partial charge in [-0.15, -0.1) is 0 Å². The molecule has 22 heavy (non-hydrogen) atoms. The van der Waals surface area contributed by atoms with Gasteiger partial charge in [0.15, 0.2) is 0 Å². The van der Waals surface area contributed by atoms with Crippen LogP contribution < -0.4 is 5.32 Å². The van der Waals surface area contributed by atoms with Gasteiger partial charge in [0.25, 0.3) is 0 Å². The molecule has 0 aromatic heterocycles. The van der Waals surface area contributed by atoms with E-state index in [1.807, 2.05) is 12.1 Å². The van der Waals surface area contributed by atoms with Gasteiger partial charge in [0.05, 0.1) is 11.6 Å². The summed E-state index contributed by atoms with van der Waals surface area (Å²) in [4.78, 5) is 14.1. The van der Waals surface area contributed by atoms with Crippen LogP contribution in [-0.2, 0) is 4.79 Å². The Morgan fingerprint density at radius 1 is 1.23 bits per heavy atom. The molecule has 0 unspecified atom stereocenters. The molecule has 1 rings (SSSR count). The minimum absolute atomic E-state index is 0.100. The predicted octanol–water partition coefficient (Wildman–Crippen LogP) is 2.81. The van der Waals surface area contributed by atoms with Crippen LogP contribution >= 0.6 is 0 Å². The van der Waals surface area contributed by atoms with Crippen molar-refractivity contribution in [2.24, 2.45) is 0 Å². The molecule has 0 spiro atoms. The highest BCUT2D eigenvalue weighted by Crippen LogP contribution is 2.05. The van der Waals surface area contributed by atoms with Gasteiger partial charge in [0, 0.05) is 31.2 Å². The lowest BCUT2D eigenvalue weighted by atomic mass is 10.1. The van der Waals surface area contributed by atoms with E-state index >= 15 is 0 Å². The quantitative estimate of drug-likeness (QED) is 0.788. The first-order chi connectivity index (χ1) is 10.4. The number of nitrogens with zero attached hydrogens (tertiary/aromatic N) is 2. The SMILES string of the molecule is CC(C)N(CCNC(=O)/C=C/c1ccc(C#N)cc1)C(C)C. The molecule has 118 valence electrons. The molecule has 0 atom stereocenters. The second-order valence-corrected chi connectivity index (χ2v) is 5.78. The maximum absolute atomic E-state index is 11.8. The highest BCUT2D eigenvalue weighted by atomic mass is 16.1. The van der Waals surface area contributed by atoms with Crippen LogP contribution in [0, 0.1) is 11.3 Å². The number of carbonyl (C=O) groups excluding carboxylic acids is 1. The number of nitriles is 1. The van der Waals surface area contributed by atoms with E-state index in [0.717, 1.165) is 12.1 Å². The monoisotopic (exact) mass is 299 g/mol. The molecule has 0 heterocycles. The van der Waals surface area contributed by atoms with Gasteiger partial charge in [0.1, 0.15) is 0 Å². The number of carbonyl (C=O) groups is 1. The Morgan fingerprint density at radius 2 is 1.82 bits per heavy atom. The third-order valence-electron chi connectivity index (χ3n) is 3.46. The normalized spacial score (nSPS) is 11.4. The molecule has 1 aromatic carbocycles. The fourth-order valence-electron chi connectivity index (χ4n) is 2.32. The van der Waals surface area contributed by atoms with Crippen molar-refractivity contribution in [3.8, 4) is 6.07 Å². The molecule has 0 fully saturated rings. The molecule has 0 aliphatic carbocycles. The summed E-state index contributed by atoms with van der Waals surface area (Å²) >= 11 is 0. The topological polar surface area (TPSA) is 56.1 Å². The van der Waals surface area contributed by atoms with E-state index in [0.29, 0.717) is 24.2 Å². The second kappa shape index (κ2) is 9.01. The van der Waals surface area contributed by atoms with Gasteiger partial charge in [-0.2, -0.15) is 5.26 Å². The van der Waals surface area contributed by atoms with E-state index in [-0.39, 0.29) is 5.91 Å². The van der Waals surface area contributed by atoms with Gasteiger partial charge < -0.3 is 5.32 Å². The predicted molar refractivity (Wildman–Crippen MR) is 90.2 cm³/mol. The van der Waals surface area contributed by atoms with E-state index in [4.69, 9.17) is 5.26 Å². The van der Waals surface area contributed by atoms with Crippen LogP contribution in [0.2, 0.25) is 0 Å². The van der Waals surface area contributed by atoms with Crippen molar-refractivity contribution in [1.29, 1.82) is 5.26 Å². The summed E-state index contributed by atoms with van der Waals surface area (Å²) < 4.78 is 0. The molecular formula is C18H25N3O. The lowest BCUT2D eigenvalue weighted by molar-refractivity contribution is -0.116. The van der Waals surface area contributed by atoms with Crippen molar-refractivity contribution in [3.05, 3.63) is 41.5 Å². The molecule has 1 amide bonds. The lowest BCUT2D eigenvalue weighted by Crippen LogP contribution is -2.42. The molecule has 0 radical (unpaired) electrons. The van der Waals surface area contributed by atoms with Crippen LogP contribution in [0.1, 0.15) is 38.8 Å². The third-order valence-corrected chi connectivity index (χ3v) is 3.46. The van der Waals surface area contributed by atoms with Crippen LogP contribution in [0.25, 0.3) is 6.08 Å². The maximum Gasteiger partial charge on any atom is 0.244 e. The molecule has 0 saturated carbocycles. The Bertz CT molecular complexity index is 530. The largest absolute Gasteiger partial charge is 0.351 e. The molecule has 1 aromatic rings. The number of hydrogen-bond acceptors (Lipinski definition) is 3. The number of rotatable bonds is 7. The summed E-state index contributed by atoms with van der Waals surface area (Å²) in [7, 11) is 0. The lowest BCUT2D eigenvalue weighted by Gasteiger charge is -2.30. The molecule has 4 nitrogen and oxygen atoms in total. The first-order valence-corrected chi connectivity index (χ1v) is 7.66. The zero-order valence-electron chi connectivity index (χ0n) is 13.8. The van der Waals surface area contributed by atoms with Crippen LogP contribution in [0.5, 0.6) is 0 Å². The standard InChI is InChI=1S/C18H25N3O/c1-14(2)21(15(3)4)12-11-20-18(22)10-9-16-5-7-17(13-19)8-6-16/h5-10,14-15H,11-12H2,1-4H3,(H,20,22)/b10-9+. The minimum Gasteiger partial charge on any atom is -0.351 e. The smallest absolute Gasteiger partial charge is 0.244 e. The van der Waals surface area contributed by atoms with Crippen molar-refractivity contribution >= 4 is 12.0 Å². The Kier molecular flexibility index (Phi) is 7.34. The third kappa shape index (κ3) is 6.11. The maximum atomic E-state index is 11.8. The zero-order valence-corrected chi connectivity index (χ0v) is 13.8. The molecule has 1 N–H and O–H groups in total. The molecule has 0 aliphatic heterocycles. The molecule has 0 aliphatic rings. The fraction of sp³-hybridized carbons (Fsp3) is 0.444. The van der Waals surface area contributed by atoms with Crippen molar-refractivity contribution in [3.63, 3.8) is 0 Å². The van der Waals surface area contributed by atoms with Gasteiger partial charge in [-0.1, -0.05) is 12.1 Å². The van der Waals surface area contributed by atoms with Gasteiger partial charge in [-0.3, -0.25) is 9.69 Å². The summed E-state index contributed by atoms with van der Waals surface area (Å²) in [5.74, 6) is -0.100. The average Bonchev–Trinajstić information content (AvgIpc) is 2.49. The average molecular weight is 299 g/mol. The van der Waals surface area contributed by atoms with Crippen molar-refractivity contribution < 1.29 is 4.79 Å². The fourth-order valence-corrected chi connectivity index (χ4v) is 2.32. The summed E-state index contributed by atoms with van der Waals surface area (Å²) in [5.41, 5.74) is 1.52.